The van der Waals surface area contributed by atoms with Gasteiger partial charge in [0.2, 0.25) is 0 Å². The van der Waals surface area contributed by atoms with Gasteiger partial charge in [-0.1, -0.05) is 20.8 Å². The second-order valence-electron chi connectivity index (χ2n) is 6.26. The van der Waals surface area contributed by atoms with Crippen LogP contribution >= 0.6 is 11.6 Å². The van der Waals surface area contributed by atoms with E-state index < -0.39 is 0 Å². The van der Waals surface area contributed by atoms with Gasteiger partial charge in [0, 0.05) is 25.4 Å². The molecule has 0 N–H and O–H groups in total. The lowest BCUT2D eigenvalue weighted by Crippen LogP contribution is -2.24. The van der Waals surface area contributed by atoms with Gasteiger partial charge < -0.3 is 4.57 Å². The van der Waals surface area contributed by atoms with E-state index in [-0.39, 0.29) is 5.41 Å². The van der Waals surface area contributed by atoms with E-state index in [1.807, 2.05) is 18.7 Å². The lowest BCUT2D eigenvalue weighted by Gasteiger charge is -2.30. The largest absolute Gasteiger partial charge is 0.309 e. The average molecular weight is 283 g/mol. The highest BCUT2D eigenvalue weighted by Gasteiger charge is 2.28. The zero-order chi connectivity index (χ0) is 14.4. The quantitative estimate of drug-likeness (QED) is 0.808. The Kier molecular flexibility index (Phi) is 3.65. The van der Waals surface area contributed by atoms with Crippen molar-refractivity contribution in [2.24, 2.45) is 12.5 Å². The third-order valence-corrected chi connectivity index (χ3v) is 4.06. The summed E-state index contributed by atoms with van der Waals surface area (Å²) in [4.78, 5) is 4.75. The molecule has 0 amide bonds. The van der Waals surface area contributed by atoms with Gasteiger partial charge in [-0.05, 0) is 19.3 Å². The molecule has 106 valence electrons. The molecule has 4 nitrogen and oxygen atoms in total. The fourth-order valence-corrected chi connectivity index (χ4v) is 2.57. The lowest BCUT2D eigenvalue weighted by molar-refractivity contribution is 0.261. The highest BCUT2D eigenvalue weighted by molar-refractivity contribution is 6.17. The van der Waals surface area contributed by atoms with E-state index in [1.165, 1.54) is 0 Å². The van der Waals surface area contributed by atoms with Gasteiger partial charge in [0.15, 0.2) is 5.65 Å². The smallest absolute Gasteiger partial charge is 0.158 e. The molecule has 0 bridgehead atoms. The predicted octanol–water partition coefficient (Wildman–Crippen LogP) is 3.47. The Morgan fingerprint density at radius 3 is 2.47 bits per heavy atom. The Morgan fingerprint density at radius 1 is 1.32 bits per heavy atom. The topological polar surface area (TPSA) is 35.6 Å². The van der Waals surface area contributed by atoms with Crippen molar-refractivity contribution in [1.82, 2.24) is 19.3 Å². The van der Waals surface area contributed by atoms with Crippen LogP contribution in [0.25, 0.3) is 11.2 Å². The van der Waals surface area contributed by atoms with E-state index in [9.17, 15) is 0 Å². The number of nitrogens with zero attached hydrogens (tertiary/aromatic N) is 4. The molecule has 2 rings (SSSR count). The molecule has 5 heteroatoms. The van der Waals surface area contributed by atoms with Gasteiger partial charge in [-0.25, -0.2) is 4.98 Å². The number of aromatic nitrogens is 4. The minimum absolute atomic E-state index is 0.160. The fraction of sp³-hybridized carbons (Fsp3) is 0.714. The van der Waals surface area contributed by atoms with E-state index >= 15 is 0 Å². The summed E-state index contributed by atoms with van der Waals surface area (Å²) in [6, 6.07) is 0.338. The van der Waals surface area contributed by atoms with Crippen LogP contribution in [-0.2, 0) is 13.5 Å². The third-order valence-electron chi connectivity index (χ3n) is 3.87. The Morgan fingerprint density at radius 2 is 1.95 bits per heavy atom. The molecule has 1 atom stereocenters. The SMILES string of the molecule is Cc1nn(C)c2c1nc(CCCl)n2C(C)C(C)(C)C. The first kappa shape index (κ1) is 14.4. The van der Waals surface area contributed by atoms with Crippen molar-refractivity contribution in [1.29, 1.82) is 0 Å². The van der Waals surface area contributed by atoms with Crippen LogP contribution in [0.3, 0.4) is 0 Å². The van der Waals surface area contributed by atoms with Crippen molar-refractivity contribution in [2.75, 3.05) is 5.88 Å². The first-order valence-electron chi connectivity index (χ1n) is 6.73. The number of halogens is 1. The zero-order valence-corrected chi connectivity index (χ0v) is 13.4. The Bertz CT molecular complexity index is 589. The van der Waals surface area contributed by atoms with Crippen LogP contribution in [0.15, 0.2) is 0 Å². The number of alkyl halides is 1. The molecule has 2 aromatic rings. The maximum absolute atomic E-state index is 5.93. The molecular formula is C14H23ClN4. The predicted molar refractivity (Wildman–Crippen MR) is 79.8 cm³/mol. The standard InChI is InChI=1S/C14H23ClN4/c1-9-12-13(18(6)17-9)19(10(2)14(3,4)5)11(16-12)7-8-15/h10H,7-8H2,1-6H3. The summed E-state index contributed by atoms with van der Waals surface area (Å²) in [5.41, 5.74) is 3.24. The molecule has 0 aromatic carbocycles. The third kappa shape index (κ3) is 2.38. The average Bonchev–Trinajstić information content (AvgIpc) is 2.77. The van der Waals surface area contributed by atoms with Crippen LogP contribution < -0.4 is 0 Å². The van der Waals surface area contributed by atoms with Crippen LogP contribution in [0.1, 0.15) is 45.3 Å². The minimum Gasteiger partial charge on any atom is -0.309 e. The second kappa shape index (κ2) is 4.82. The van der Waals surface area contributed by atoms with Crippen LogP contribution in [0.4, 0.5) is 0 Å². The highest BCUT2D eigenvalue weighted by atomic mass is 35.5. The number of imidazole rings is 1. The molecule has 0 saturated heterocycles. The first-order chi connectivity index (χ1) is 8.77. The molecule has 0 aliphatic carbocycles. The second-order valence-corrected chi connectivity index (χ2v) is 6.64. The molecule has 0 aliphatic rings. The first-order valence-corrected chi connectivity index (χ1v) is 7.27. The van der Waals surface area contributed by atoms with Crippen molar-refractivity contribution in [3.05, 3.63) is 11.5 Å². The molecule has 0 radical (unpaired) electrons. The highest BCUT2D eigenvalue weighted by Crippen LogP contribution is 2.34. The summed E-state index contributed by atoms with van der Waals surface area (Å²) < 4.78 is 4.23. The normalized spacial score (nSPS) is 14.3. The van der Waals surface area contributed by atoms with Crippen molar-refractivity contribution >= 4 is 22.8 Å². The van der Waals surface area contributed by atoms with Gasteiger partial charge in [0.05, 0.1) is 5.69 Å². The monoisotopic (exact) mass is 282 g/mol. The van der Waals surface area contributed by atoms with Crippen LogP contribution in [0.2, 0.25) is 0 Å². The lowest BCUT2D eigenvalue weighted by atomic mass is 9.87. The van der Waals surface area contributed by atoms with Gasteiger partial charge in [-0.2, -0.15) is 5.10 Å². The zero-order valence-electron chi connectivity index (χ0n) is 12.7. The van der Waals surface area contributed by atoms with Crippen molar-refractivity contribution in [3.63, 3.8) is 0 Å². The Hall–Kier alpha value is -1.03. The van der Waals surface area contributed by atoms with Gasteiger partial charge in [-0.15, -0.1) is 11.6 Å². The molecule has 2 aromatic heterocycles. The van der Waals surface area contributed by atoms with Crippen molar-refractivity contribution < 1.29 is 0 Å². The van der Waals surface area contributed by atoms with Gasteiger partial charge in [0.1, 0.15) is 11.3 Å². The van der Waals surface area contributed by atoms with Gasteiger partial charge in [0.25, 0.3) is 0 Å². The minimum atomic E-state index is 0.160. The van der Waals surface area contributed by atoms with E-state index in [0.29, 0.717) is 11.9 Å². The van der Waals surface area contributed by atoms with Crippen molar-refractivity contribution in [2.45, 2.75) is 47.1 Å². The van der Waals surface area contributed by atoms with E-state index in [2.05, 4.69) is 37.4 Å². The summed E-state index contributed by atoms with van der Waals surface area (Å²) in [5.74, 6) is 1.65. The molecule has 0 spiro atoms. The molecule has 0 fully saturated rings. The number of rotatable bonds is 3. The van der Waals surface area contributed by atoms with Gasteiger partial charge >= 0.3 is 0 Å². The number of aryl methyl sites for hydroxylation is 3. The van der Waals surface area contributed by atoms with E-state index in [4.69, 9.17) is 16.6 Å². The van der Waals surface area contributed by atoms with Crippen LogP contribution in [0.5, 0.6) is 0 Å². The molecule has 1 unspecified atom stereocenters. The molecule has 19 heavy (non-hydrogen) atoms. The maximum Gasteiger partial charge on any atom is 0.158 e. The summed E-state index contributed by atoms with van der Waals surface area (Å²) >= 11 is 5.93. The molecule has 0 aliphatic heterocycles. The Labute approximate surface area is 119 Å². The van der Waals surface area contributed by atoms with Crippen LogP contribution in [0, 0.1) is 12.3 Å². The number of hydrogen-bond acceptors (Lipinski definition) is 2. The Balaban J connectivity index is 2.70. The summed E-state index contributed by atoms with van der Waals surface area (Å²) in [5, 5.41) is 4.48. The number of hydrogen-bond donors (Lipinski definition) is 0. The van der Waals surface area contributed by atoms with Gasteiger partial charge in [-0.3, -0.25) is 4.68 Å². The number of fused-ring (bicyclic) bond motifs is 1. The summed E-state index contributed by atoms with van der Waals surface area (Å²) in [7, 11) is 1.98. The summed E-state index contributed by atoms with van der Waals surface area (Å²) in [6.07, 6.45) is 0.788. The van der Waals surface area contributed by atoms with E-state index in [0.717, 1.165) is 29.1 Å². The maximum atomic E-state index is 5.93. The van der Waals surface area contributed by atoms with E-state index in [1.54, 1.807) is 0 Å². The summed E-state index contributed by atoms with van der Waals surface area (Å²) in [6.45, 7) is 11.0. The molecule has 0 saturated carbocycles. The molecule has 2 heterocycles. The fourth-order valence-electron chi connectivity index (χ4n) is 2.40. The van der Waals surface area contributed by atoms with Crippen molar-refractivity contribution in [3.8, 4) is 0 Å². The van der Waals surface area contributed by atoms with Crippen LogP contribution in [-0.4, -0.2) is 25.2 Å². The molecular weight excluding hydrogens is 260 g/mol.